The van der Waals surface area contributed by atoms with Crippen LogP contribution in [-0.4, -0.2) is 15.6 Å². The Hall–Kier alpha value is -2.44. The van der Waals surface area contributed by atoms with Crippen LogP contribution in [0.2, 0.25) is 0 Å². The van der Waals surface area contributed by atoms with Gasteiger partial charge < -0.3 is 15.4 Å². The van der Waals surface area contributed by atoms with Gasteiger partial charge in [0.25, 0.3) is 5.56 Å². The summed E-state index contributed by atoms with van der Waals surface area (Å²) in [5.41, 5.74) is 7.62. The molecule has 3 rings (SSSR count). The predicted molar refractivity (Wildman–Crippen MR) is 87.4 cm³/mol. The van der Waals surface area contributed by atoms with Crippen molar-refractivity contribution in [1.82, 2.24) is 4.57 Å². The molecule has 6 heteroatoms. The first kappa shape index (κ1) is 14.5. The van der Waals surface area contributed by atoms with E-state index in [2.05, 4.69) is 0 Å². The molecule has 0 fully saturated rings. The number of aromatic carboxylic acids is 1. The van der Waals surface area contributed by atoms with E-state index in [1.54, 1.807) is 11.4 Å². The van der Waals surface area contributed by atoms with E-state index < -0.39 is 5.97 Å². The van der Waals surface area contributed by atoms with E-state index in [4.69, 9.17) is 5.73 Å². The Labute approximate surface area is 130 Å². The van der Waals surface area contributed by atoms with Crippen LogP contribution in [0.25, 0.3) is 21.2 Å². The Balaban J connectivity index is 2.55. The lowest BCUT2D eigenvalue weighted by atomic mass is 9.95. The van der Waals surface area contributed by atoms with Gasteiger partial charge in [0, 0.05) is 24.5 Å². The van der Waals surface area contributed by atoms with Gasteiger partial charge in [0.1, 0.15) is 10.4 Å². The average molecular weight is 314 g/mol. The van der Waals surface area contributed by atoms with Crippen LogP contribution in [0.4, 0.5) is 0 Å². The van der Waals surface area contributed by atoms with E-state index in [1.165, 1.54) is 23.0 Å². The molecule has 2 heterocycles. The van der Waals surface area contributed by atoms with E-state index in [-0.39, 0.29) is 11.3 Å². The standard InChI is InChI=1S/C16H14N2O3S/c1-18-13(16(20)21)12(10-5-3-2-4-9(10)8-17)11-6-7-22-14(11)15(18)19/h2-7H,8,17H2,1H3,(H,20,21). The smallest absolute Gasteiger partial charge is 0.353 e. The first-order valence-corrected chi connectivity index (χ1v) is 7.56. The molecule has 0 aliphatic carbocycles. The maximum absolute atomic E-state index is 12.3. The second-order valence-corrected chi connectivity index (χ2v) is 5.83. The van der Waals surface area contributed by atoms with Crippen LogP contribution in [0.1, 0.15) is 16.1 Å². The highest BCUT2D eigenvalue weighted by Gasteiger charge is 2.23. The molecule has 0 saturated carbocycles. The van der Waals surface area contributed by atoms with Crippen LogP contribution in [0.3, 0.4) is 0 Å². The maximum Gasteiger partial charge on any atom is 0.353 e. The van der Waals surface area contributed by atoms with Gasteiger partial charge in [-0.15, -0.1) is 11.3 Å². The van der Waals surface area contributed by atoms with E-state index >= 15 is 0 Å². The summed E-state index contributed by atoms with van der Waals surface area (Å²) in [5, 5.41) is 12.1. The summed E-state index contributed by atoms with van der Waals surface area (Å²) in [4.78, 5) is 24.1. The second-order valence-electron chi connectivity index (χ2n) is 4.92. The Morgan fingerprint density at radius 3 is 2.73 bits per heavy atom. The number of nitrogens with two attached hydrogens (primary N) is 1. The molecule has 0 aliphatic rings. The first-order chi connectivity index (χ1) is 10.6. The summed E-state index contributed by atoms with van der Waals surface area (Å²) in [6.07, 6.45) is 0. The molecule has 1 aromatic carbocycles. The van der Waals surface area contributed by atoms with Crippen LogP contribution < -0.4 is 11.3 Å². The largest absolute Gasteiger partial charge is 0.477 e. The zero-order chi connectivity index (χ0) is 15.9. The molecule has 0 amide bonds. The van der Waals surface area contributed by atoms with Crippen LogP contribution >= 0.6 is 11.3 Å². The van der Waals surface area contributed by atoms with Crippen LogP contribution in [-0.2, 0) is 13.6 Å². The minimum atomic E-state index is -1.13. The lowest BCUT2D eigenvalue weighted by Crippen LogP contribution is -2.24. The lowest BCUT2D eigenvalue weighted by molar-refractivity contribution is 0.0686. The maximum atomic E-state index is 12.3. The van der Waals surface area contributed by atoms with Gasteiger partial charge in [-0.25, -0.2) is 4.79 Å². The van der Waals surface area contributed by atoms with Gasteiger partial charge in [-0.3, -0.25) is 4.79 Å². The number of benzene rings is 1. The molecule has 0 unspecified atom stereocenters. The fraction of sp³-hybridized carbons (Fsp3) is 0.125. The van der Waals surface area contributed by atoms with Crippen molar-refractivity contribution < 1.29 is 9.90 Å². The number of fused-ring (bicyclic) bond motifs is 1. The van der Waals surface area contributed by atoms with E-state index in [0.29, 0.717) is 22.2 Å². The number of carbonyl (C=O) groups is 1. The predicted octanol–water partition coefficient (Wildman–Crippen LogP) is 2.42. The normalized spacial score (nSPS) is 11.0. The molecule has 0 aliphatic heterocycles. The summed E-state index contributed by atoms with van der Waals surface area (Å²) in [5.74, 6) is -1.13. The van der Waals surface area contributed by atoms with Crippen molar-refractivity contribution >= 4 is 27.4 Å². The van der Waals surface area contributed by atoms with Gasteiger partial charge >= 0.3 is 5.97 Å². The zero-order valence-electron chi connectivity index (χ0n) is 11.9. The molecule has 0 spiro atoms. The van der Waals surface area contributed by atoms with Crippen LogP contribution in [0, 0.1) is 0 Å². The molecule has 0 bridgehead atoms. The molecule has 5 nitrogen and oxygen atoms in total. The molecule has 0 saturated heterocycles. The molecular formula is C16H14N2O3S. The van der Waals surface area contributed by atoms with E-state index in [0.717, 1.165) is 11.1 Å². The highest BCUT2D eigenvalue weighted by molar-refractivity contribution is 7.17. The SMILES string of the molecule is Cn1c(C(=O)O)c(-c2ccccc2CN)c2ccsc2c1=O. The monoisotopic (exact) mass is 314 g/mol. The molecule has 3 N–H and O–H groups in total. The van der Waals surface area contributed by atoms with Crippen molar-refractivity contribution in [3.8, 4) is 11.1 Å². The van der Waals surface area contributed by atoms with Crippen LogP contribution in [0.5, 0.6) is 0 Å². The molecule has 0 radical (unpaired) electrons. The minimum absolute atomic E-state index is 0.0169. The number of thiophene rings is 1. The van der Waals surface area contributed by atoms with E-state index in [9.17, 15) is 14.7 Å². The summed E-state index contributed by atoms with van der Waals surface area (Å²) < 4.78 is 1.75. The average Bonchev–Trinajstić information content (AvgIpc) is 2.99. The molecule has 2 aromatic heterocycles. The van der Waals surface area contributed by atoms with Crippen molar-refractivity contribution in [3.63, 3.8) is 0 Å². The molecule has 0 atom stereocenters. The van der Waals surface area contributed by atoms with Gasteiger partial charge in [-0.1, -0.05) is 24.3 Å². The summed E-state index contributed by atoms with van der Waals surface area (Å²) in [6, 6.07) is 9.19. The van der Waals surface area contributed by atoms with Crippen molar-refractivity contribution in [2.24, 2.45) is 12.8 Å². The number of nitrogens with zero attached hydrogens (tertiary/aromatic N) is 1. The number of rotatable bonds is 3. The Bertz CT molecular complexity index is 940. The Morgan fingerprint density at radius 1 is 1.32 bits per heavy atom. The Kier molecular flexibility index (Phi) is 3.56. The van der Waals surface area contributed by atoms with Gasteiger partial charge in [0.15, 0.2) is 0 Å². The first-order valence-electron chi connectivity index (χ1n) is 6.68. The number of hydrogen-bond acceptors (Lipinski definition) is 4. The third-order valence-corrected chi connectivity index (χ3v) is 4.62. The van der Waals surface area contributed by atoms with Crippen LogP contribution in [0.15, 0.2) is 40.5 Å². The fourth-order valence-corrected chi connectivity index (χ4v) is 3.56. The zero-order valence-corrected chi connectivity index (χ0v) is 12.7. The van der Waals surface area contributed by atoms with Gasteiger partial charge in [-0.2, -0.15) is 0 Å². The fourth-order valence-electron chi connectivity index (χ4n) is 2.69. The molecule has 112 valence electrons. The highest BCUT2D eigenvalue weighted by Crippen LogP contribution is 2.34. The highest BCUT2D eigenvalue weighted by atomic mass is 32.1. The summed E-state index contributed by atoms with van der Waals surface area (Å²) in [6.45, 7) is 0.295. The van der Waals surface area contributed by atoms with Gasteiger partial charge in [0.05, 0.1) is 0 Å². The third-order valence-electron chi connectivity index (χ3n) is 3.71. The number of carboxylic acid groups (broad SMARTS) is 1. The number of carboxylic acids is 1. The summed E-state index contributed by atoms with van der Waals surface area (Å²) in [7, 11) is 1.49. The van der Waals surface area contributed by atoms with Crippen molar-refractivity contribution in [3.05, 3.63) is 57.3 Å². The molecule has 3 aromatic rings. The van der Waals surface area contributed by atoms with Crippen molar-refractivity contribution in [2.45, 2.75) is 6.54 Å². The molecular weight excluding hydrogens is 300 g/mol. The minimum Gasteiger partial charge on any atom is -0.477 e. The topological polar surface area (TPSA) is 85.3 Å². The Morgan fingerprint density at radius 2 is 2.05 bits per heavy atom. The number of pyridine rings is 1. The van der Waals surface area contributed by atoms with Crippen molar-refractivity contribution in [2.75, 3.05) is 0 Å². The number of aromatic nitrogens is 1. The van der Waals surface area contributed by atoms with Crippen molar-refractivity contribution in [1.29, 1.82) is 0 Å². The number of hydrogen-bond donors (Lipinski definition) is 2. The second kappa shape index (κ2) is 5.40. The van der Waals surface area contributed by atoms with Gasteiger partial charge in [0.2, 0.25) is 0 Å². The van der Waals surface area contributed by atoms with Gasteiger partial charge in [-0.05, 0) is 22.6 Å². The molecule has 22 heavy (non-hydrogen) atoms. The summed E-state index contributed by atoms with van der Waals surface area (Å²) >= 11 is 1.31. The van der Waals surface area contributed by atoms with E-state index in [1.807, 2.05) is 24.3 Å². The third kappa shape index (κ3) is 2.04. The lowest BCUT2D eigenvalue weighted by Gasteiger charge is -2.15. The quantitative estimate of drug-likeness (QED) is 0.777.